The minimum atomic E-state index is -2.33. The molecule has 0 aliphatic carbocycles. The minimum absolute atomic E-state index is 0.629. The Kier molecular flexibility index (Phi) is 3.61. The van der Waals surface area contributed by atoms with Crippen LogP contribution in [0, 0.1) is 0 Å². The maximum atomic E-state index is 10.3. The number of rotatable bonds is 4. The Morgan fingerprint density at radius 3 is 2.50 bits per heavy atom. The van der Waals surface area contributed by atoms with Crippen LogP contribution in [-0.4, -0.2) is 22.5 Å². The van der Waals surface area contributed by atoms with E-state index in [2.05, 4.69) is 11.1 Å². The maximum Gasteiger partial charge on any atom is 0.585 e. The summed E-state index contributed by atoms with van der Waals surface area (Å²) in [5, 5.41) is 16.2. The molecule has 10 heavy (non-hydrogen) atoms. The molecule has 1 unspecified atom stereocenters. The Morgan fingerprint density at radius 1 is 1.70 bits per heavy atom. The van der Waals surface area contributed by atoms with Crippen molar-refractivity contribution in [2.75, 3.05) is 6.35 Å². The highest BCUT2D eigenvalue weighted by Crippen LogP contribution is 2.23. The van der Waals surface area contributed by atoms with Crippen molar-refractivity contribution in [3.63, 3.8) is 0 Å². The highest BCUT2D eigenvalue weighted by molar-refractivity contribution is 7.39. The number of carboxylic acid groups (broad SMARTS) is 1. The second kappa shape index (κ2) is 3.98. The van der Waals surface area contributed by atoms with Gasteiger partial charge >= 0.3 is 14.0 Å². The van der Waals surface area contributed by atoms with Gasteiger partial charge in [-0.3, -0.25) is 0 Å². The largest absolute Gasteiger partial charge is 0.585 e. The molecule has 0 aromatic carbocycles. The van der Waals surface area contributed by atoms with E-state index in [-0.39, 0.29) is 0 Å². The van der Waals surface area contributed by atoms with Crippen LogP contribution in [0.25, 0.3) is 0 Å². The van der Waals surface area contributed by atoms with Gasteiger partial charge in [0.25, 0.3) is 12.1 Å². The van der Waals surface area contributed by atoms with Crippen LogP contribution >= 0.6 is 8.03 Å². The van der Waals surface area contributed by atoms with Gasteiger partial charge < -0.3 is 10.2 Å². The molecule has 0 saturated carbocycles. The zero-order valence-corrected chi connectivity index (χ0v) is 5.88. The lowest BCUT2D eigenvalue weighted by molar-refractivity contribution is -0.134. The third-order valence-corrected chi connectivity index (χ3v) is 1.22. The molecule has 0 radical (unpaired) electrons. The number of carboxylic acids is 1. The van der Waals surface area contributed by atoms with Crippen LogP contribution in [0.1, 0.15) is 0 Å². The van der Waals surface area contributed by atoms with Crippen molar-refractivity contribution >= 4 is 14.0 Å². The zero-order valence-electron chi connectivity index (χ0n) is 4.98. The van der Waals surface area contributed by atoms with E-state index in [1.807, 2.05) is 0 Å². The van der Waals surface area contributed by atoms with Gasteiger partial charge in [-0.2, -0.15) is 0 Å². The topological polar surface area (TPSA) is 83.8 Å². The summed E-state index contributed by atoms with van der Waals surface area (Å²) in [5.74, 6) is -2.02. The predicted molar refractivity (Wildman–Crippen MR) is 32.6 cm³/mol. The van der Waals surface area contributed by atoms with Gasteiger partial charge in [-0.1, -0.05) is 0 Å². The molecule has 0 aliphatic rings. The fraction of sp³-hybridized carbons (Fsp3) is 0.250. The highest BCUT2D eigenvalue weighted by Gasteiger charge is 2.21. The summed E-state index contributed by atoms with van der Waals surface area (Å²) < 4.78 is 14.4. The first-order valence-corrected chi connectivity index (χ1v) is 3.60. The van der Waals surface area contributed by atoms with Gasteiger partial charge in [0.2, 0.25) is 0 Å². The number of carbonyl (C=O) groups is 1. The van der Waals surface area contributed by atoms with Gasteiger partial charge in [-0.05, 0) is 11.1 Å². The van der Waals surface area contributed by atoms with E-state index < -0.39 is 26.1 Å². The molecule has 1 atom stereocenters. The fourth-order valence-corrected chi connectivity index (χ4v) is 0.572. The van der Waals surface area contributed by atoms with E-state index in [9.17, 15) is 9.36 Å². The van der Waals surface area contributed by atoms with Crippen molar-refractivity contribution in [2.24, 2.45) is 0 Å². The van der Waals surface area contributed by atoms with E-state index in [0.717, 1.165) is 0 Å². The molecule has 0 aliphatic heterocycles. The van der Waals surface area contributed by atoms with Crippen LogP contribution in [0.3, 0.4) is 0 Å². The molecule has 0 spiro atoms. The minimum Gasteiger partial charge on any atom is -0.475 e. The van der Waals surface area contributed by atoms with Crippen molar-refractivity contribution in [3.8, 4) is 0 Å². The van der Waals surface area contributed by atoms with Crippen LogP contribution in [0.5, 0.6) is 0 Å². The highest BCUT2D eigenvalue weighted by atomic mass is 31.1. The van der Waals surface area contributed by atoms with Crippen LogP contribution in [0.4, 0.5) is 0 Å². The zero-order chi connectivity index (χ0) is 8.15. The first kappa shape index (κ1) is 9.07. The molecular weight excluding hydrogens is 159 g/mol. The summed E-state index contributed by atoms with van der Waals surface area (Å²) in [6, 6.07) is 0. The molecule has 6 heteroatoms. The van der Waals surface area contributed by atoms with Crippen LogP contribution < -0.4 is 0 Å². The van der Waals surface area contributed by atoms with E-state index in [1.54, 1.807) is 0 Å². The van der Waals surface area contributed by atoms with Crippen molar-refractivity contribution in [1.82, 2.24) is 0 Å². The number of aliphatic hydroxyl groups excluding tert-OH is 1. The number of aliphatic carboxylic acids is 1. The first-order chi connectivity index (χ1) is 4.57. The Morgan fingerprint density at radius 2 is 2.20 bits per heavy atom. The molecule has 2 N–H and O–H groups in total. The predicted octanol–water partition coefficient (Wildman–Crippen LogP) is 0.293. The van der Waals surface area contributed by atoms with Gasteiger partial charge in [0.05, 0.1) is 0 Å². The van der Waals surface area contributed by atoms with Crippen LogP contribution in [0.2, 0.25) is 0 Å². The van der Waals surface area contributed by atoms with Crippen LogP contribution in [0.15, 0.2) is 12.3 Å². The van der Waals surface area contributed by atoms with Gasteiger partial charge in [0, 0.05) is 0 Å². The monoisotopic (exact) mass is 165 g/mol. The molecular formula is C4H6O5P+. The SMILES string of the molecule is C=C(O[P+](=O)CO)C(=O)O. The quantitative estimate of drug-likeness (QED) is 0.355. The van der Waals surface area contributed by atoms with Gasteiger partial charge in [0.1, 0.15) is 0 Å². The average Bonchev–Trinajstić information content (AvgIpc) is 1.87. The summed E-state index contributed by atoms with van der Waals surface area (Å²) in [6.07, 6.45) is -0.707. The molecule has 56 valence electrons. The molecule has 0 aromatic heterocycles. The van der Waals surface area contributed by atoms with Crippen molar-refractivity contribution in [2.45, 2.75) is 0 Å². The molecule has 0 fully saturated rings. The summed E-state index contributed by atoms with van der Waals surface area (Å²) in [4.78, 5) is 9.92. The summed E-state index contributed by atoms with van der Waals surface area (Å²) in [5.41, 5.74) is 0. The lowest BCUT2D eigenvalue weighted by atomic mass is 10.6. The lowest BCUT2D eigenvalue weighted by Crippen LogP contribution is -1.99. The number of aliphatic hydroxyl groups is 1. The van der Waals surface area contributed by atoms with Crippen LogP contribution in [-0.2, 0) is 13.9 Å². The Hall–Kier alpha value is -0.930. The summed E-state index contributed by atoms with van der Waals surface area (Å²) in [6.45, 7) is 2.93. The number of hydrogen-bond acceptors (Lipinski definition) is 4. The standard InChI is InChI=1S/C4H5O5P/c1-3(4(6)7)9-10(8)2-5/h5H,1-2H2/p+1. The fourth-order valence-electron chi connectivity index (χ4n) is 0.191. The Bertz CT molecular complexity index is 174. The van der Waals surface area contributed by atoms with E-state index >= 15 is 0 Å². The Labute approximate surface area is 57.8 Å². The van der Waals surface area contributed by atoms with Crippen molar-refractivity contribution in [3.05, 3.63) is 12.3 Å². The average molecular weight is 165 g/mol. The van der Waals surface area contributed by atoms with Crippen molar-refractivity contribution < 1.29 is 24.1 Å². The Balaban J connectivity index is 3.80. The maximum absolute atomic E-state index is 10.3. The van der Waals surface area contributed by atoms with E-state index in [0.29, 0.717) is 0 Å². The normalized spacial score (nSPS) is 10.3. The summed E-state index contributed by atoms with van der Waals surface area (Å²) in [7, 11) is -2.33. The second-order valence-corrected chi connectivity index (χ2v) is 2.42. The third-order valence-electron chi connectivity index (χ3n) is 0.566. The van der Waals surface area contributed by atoms with Gasteiger partial charge in [-0.25, -0.2) is 9.32 Å². The molecule has 0 amide bonds. The smallest absolute Gasteiger partial charge is 0.475 e. The van der Waals surface area contributed by atoms with E-state index in [1.165, 1.54) is 0 Å². The first-order valence-electron chi connectivity index (χ1n) is 2.23. The molecule has 0 bridgehead atoms. The molecule has 0 saturated heterocycles. The van der Waals surface area contributed by atoms with Crippen molar-refractivity contribution in [1.29, 1.82) is 0 Å². The lowest BCUT2D eigenvalue weighted by Gasteiger charge is -1.87. The second-order valence-electron chi connectivity index (χ2n) is 1.29. The summed E-state index contributed by atoms with van der Waals surface area (Å²) >= 11 is 0. The molecule has 0 rings (SSSR count). The number of hydrogen-bond donors (Lipinski definition) is 2. The van der Waals surface area contributed by atoms with Gasteiger partial charge in [-0.15, -0.1) is 0 Å². The van der Waals surface area contributed by atoms with E-state index in [4.69, 9.17) is 10.2 Å². The molecule has 5 nitrogen and oxygen atoms in total. The molecule has 0 aromatic rings. The third kappa shape index (κ3) is 3.17. The van der Waals surface area contributed by atoms with Gasteiger partial charge in [0.15, 0.2) is 0 Å². The molecule has 0 heterocycles.